The van der Waals surface area contributed by atoms with Crippen LogP contribution in [0.3, 0.4) is 0 Å². The molecule has 0 aliphatic carbocycles. The molecule has 0 radical (unpaired) electrons. The minimum Gasteiger partial charge on any atom is -0.330 e. The first-order valence-electron chi connectivity index (χ1n) is 9.63. The normalized spacial score (nSPS) is 15.3. The highest BCUT2D eigenvalue weighted by atomic mass is 16.2. The molecular formula is C22H26N4O. The summed E-state index contributed by atoms with van der Waals surface area (Å²) < 4.78 is 2.27. The Balaban J connectivity index is 1.36. The van der Waals surface area contributed by atoms with Crippen LogP contribution in [-0.4, -0.2) is 33.6 Å². The zero-order valence-electron chi connectivity index (χ0n) is 16.0. The number of piperidine rings is 1. The van der Waals surface area contributed by atoms with Crippen LogP contribution in [0.25, 0.3) is 11.0 Å². The maximum absolute atomic E-state index is 12.4. The monoisotopic (exact) mass is 362 g/mol. The molecule has 2 amide bonds. The molecule has 5 nitrogen and oxygen atoms in total. The minimum absolute atomic E-state index is 0.00108. The maximum Gasteiger partial charge on any atom is 0.321 e. The van der Waals surface area contributed by atoms with Crippen LogP contribution < -0.4 is 5.32 Å². The van der Waals surface area contributed by atoms with Gasteiger partial charge in [-0.25, -0.2) is 9.78 Å². The zero-order chi connectivity index (χ0) is 18.8. The van der Waals surface area contributed by atoms with E-state index in [9.17, 15) is 4.79 Å². The van der Waals surface area contributed by atoms with Crippen LogP contribution in [0.5, 0.6) is 0 Å². The molecule has 0 unspecified atom stereocenters. The standard InChI is InChI=1S/C22H26N4O/c1-16-12-20-21(13-17(16)2)26(15-23-20)14-18-8-10-25(11-9-18)22(27)24-19-6-4-3-5-7-19/h3-7,12-13,15,18H,8-11,14H2,1-2H3,(H,24,27). The largest absolute Gasteiger partial charge is 0.330 e. The molecule has 2 aromatic carbocycles. The second-order valence-corrected chi connectivity index (χ2v) is 7.55. The van der Waals surface area contributed by atoms with Gasteiger partial charge in [0, 0.05) is 25.3 Å². The Kier molecular flexibility index (Phi) is 4.84. The van der Waals surface area contributed by atoms with Gasteiger partial charge in [-0.05, 0) is 68.0 Å². The number of hydrogen-bond donors (Lipinski definition) is 1. The van der Waals surface area contributed by atoms with Gasteiger partial charge in [-0.2, -0.15) is 0 Å². The summed E-state index contributed by atoms with van der Waals surface area (Å²) in [5.41, 5.74) is 5.71. The predicted octanol–water partition coefficient (Wildman–Crippen LogP) is 4.60. The van der Waals surface area contributed by atoms with Crippen molar-refractivity contribution in [3.8, 4) is 0 Å². The van der Waals surface area contributed by atoms with E-state index in [4.69, 9.17) is 0 Å². The number of benzene rings is 2. The van der Waals surface area contributed by atoms with Crippen molar-refractivity contribution in [1.82, 2.24) is 14.5 Å². The number of anilines is 1. The number of nitrogens with one attached hydrogen (secondary N) is 1. The number of rotatable bonds is 3. The van der Waals surface area contributed by atoms with Gasteiger partial charge in [0.15, 0.2) is 0 Å². The van der Waals surface area contributed by atoms with Gasteiger partial charge in [-0.3, -0.25) is 0 Å². The first-order valence-corrected chi connectivity index (χ1v) is 9.63. The highest BCUT2D eigenvalue weighted by molar-refractivity contribution is 5.89. The summed E-state index contributed by atoms with van der Waals surface area (Å²) in [5, 5.41) is 2.98. The Labute approximate surface area is 160 Å². The Hall–Kier alpha value is -2.82. The molecule has 5 heteroatoms. The van der Waals surface area contributed by atoms with Crippen molar-refractivity contribution in [1.29, 1.82) is 0 Å². The molecule has 1 aliphatic rings. The van der Waals surface area contributed by atoms with Crippen molar-refractivity contribution < 1.29 is 4.79 Å². The molecule has 4 rings (SSSR count). The van der Waals surface area contributed by atoms with E-state index < -0.39 is 0 Å². The van der Waals surface area contributed by atoms with Gasteiger partial charge in [0.1, 0.15) is 0 Å². The lowest BCUT2D eigenvalue weighted by molar-refractivity contribution is 0.177. The topological polar surface area (TPSA) is 50.2 Å². The Morgan fingerprint density at radius 3 is 2.56 bits per heavy atom. The van der Waals surface area contributed by atoms with Crippen molar-refractivity contribution >= 4 is 22.8 Å². The van der Waals surface area contributed by atoms with Crippen molar-refractivity contribution in [3.63, 3.8) is 0 Å². The van der Waals surface area contributed by atoms with Crippen LogP contribution in [0.15, 0.2) is 48.8 Å². The van der Waals surface area contributed by atoms with E-state index in [1.165, 1.54) is 16.6 Å². The molecule has 1 aromatic heterocycles. The quantitative estimate of drug-likeness (QED) is 0.740. The Bertz CT molecular complexity index is 940. The van der Waals surface area contributed by atoms with Crippen molar-refractivity contribution in [2.45, 2.75) is 33.2 Å². The van der Waals surface area contributed by atoms with Crippen LogP contribution in [0.2, 0.25) is 0 Å². The number of nitrogens with zero attached hydrogens (tertiary/aromatic N) is 3. The average Bonchev–Trinajstić information content (AvgIpc) is 3.05. The SMILES string of the molecule is Cc1cc2ncn(CC3CCN(C(=O)Nc4ccccc4)CC3)c2cc1C. The highest BCUT2D eigenvalue weighted by Gasteiger charge is 2.23. The number of aromatic nitrogens is 2. The van der Waals surface area contributed by atoms with Crippen molar-refractivity contribution in [2.75, 3.05) is 18.4 Å². The first-order chi connectivity index (χ1) is 13.1. The van der Waals surface area contributed by atoms with Gasteiger partial charge in [-0.1, -0.05) is 18.2 Å². The molecule has 1 aliphatic heterocycles. The van der Waals surface area contributed by atoms with Crippen molar-refractivity contribution in [3.05, 3.63) is 59.9 Å². The first kappa shape index (κ1) is 17.6. The third-order valence-corrected chi connectivity index (χ3v) is 5.62. The van der Waals surface area contributed by atoms with Crippen LogP contribution in [0.1, 0.15) is 24.0 Å². The van der Waals surface area contributed by atoms with E-state index in [1.54, 1.807) is 0 Å². The lowest BCUT2D eigenvalue weighted by Gasteiger charge is -2.32. The number of likely N-dealkylation sites (tertiary alicyclic amines) is 1. The number of carbonyl (C=O) groups is 1. The summed E-state index contributed by atoms with van der Waals surface area (Å²) >= 11 is 0. The zero-order valence-corrected chi connectivity index (χ0v) is 16.0. The summed E-state index contributed by atoms with van der Waals surface area (Å²) in [5.74, 6) is 0.574. The number of aryl methyl sites for hydroxylation is 2. The molecule has 0 atom stereocenters. The minimum atomic E-state index is -0.00108. The summed E-state index contributed by atoms with van der Waals surface area (Å²) in [6, 6.07) is 14.0. The van der Waals surface area contributed by atoms with E-state index in [-0.39, 0.29) is 6.03 Å². The second-order valence-electron chi connectivity index (χ2n) is 7.55. The predicted molar refractivity (Wildman–Crippen MR) is 109 cm³/mol. The third kappa shape index (κ3) is 3.82. The van der Waals surface area contributed by atoms with Crippen molar-refractivity contribution in [2.24, 2.45) is 5.92 Å². The van der Waals surface area contributed by atoms with Gasteiger partial charge >= 0.3 is 6.03 Å². The van der Waals surface area contributed by atoms with E-state index in [0.29, 0.717) is 5.92 Å². The smallest absolute Gasteiger partial charge is 0.321 e. The summed E-state index contributed by atoms with van der Waals surface area (Å²) in [7, 11) is 0. The van der Waals surface area contributed by atoms with E-state index in [0.717, 1.165) is 43.7 Å². The highest BCUT2D eigenvalue weighted by Crippen LogP contribution is 2.24. The third-order valence-electron chi connectivity index (χ3n) is 5.62. The number of carbonyl (C=O) groups excluding carboxylic acids is 1. The summed E-state index contributed by atoms with van der Waals surface area (Å²) in [6.45, 7) is 6.84. The number of urea groups is 1. The van der Waals surface area contributed by atoms with Crippen LogP contribution in [-0.2, 0) is 6.54 Å². The maximum atomic E-state index is 12.4. The summed E-state index contributed by atoms with van der Waals surface area (Å²) in [4.78, 5) is 18.9. The van der Waals surface area contributed by atoms with Gasteiger partial charge in [0.25, 0.3) is 0 Å². The van der Waals surface area contributed by atoms with Gasteiger partial charge in [0.2, 0.25) is 0 Å². The lowest BCUT2D eigenvalue weighted by atomic mass is 9.97. The number of hydrogen-bond acceptors (Lipinski definition) is 2. The molecule has 0 spiro atoms. The molecule has 27 heavy (non-hydrogen) atoms. The Morgan fingerprint density at radius 2 is 1.81 bits per heavy atom. The van der Waals surface area contributed by atoms with Gasteiger partial charge in [-0.15, -0.1) is 0 Å². The summed E-state index contributed by atoms with van der Waals surface area (Å²) in [6.07, 6.45) is 4.00. The van der Waals surface area contributed by atoms with E-state index in [1.807, 2.05) is 41.6 Å². The second kappa shape index (κ2) is 7.43. The molecular weight excluding hydrogens is 336 g/mol. The molecule has 2 heterocycles. The van der Waals surface area contributed by atoms with Crippen LogP contribution in [0, 0.1) is 19.8 Å². The van der Waals surface area contributed by atoms with Gasteiger partial charge in [0.05, 0.1) is 17.4 Å². The number of para-hydroxylation sites is 1. The fraction of sp³-hybridized carbons (Fsp3) is 0.364. The molecule has 1 N–H and O–H groups in total. The fourth-order valence-corrected chi connectivity index (χ4v) is 3.78. The molecule has 0 bridgehead atoms. The Morgan fingerprint density at radius 1 is 1.11 bits per heavy atom. The molecule has 3 aromatic rings. The van der Waals surface area contributed by atoms with Gasteiger partial charge < -0.3 is 14.8 Å². The van der Waals surface area contributed by atoms with Crippen LogP contribution >= 0.6 is 0 Å². The number of imidazole rings is 1. The van der Waals surface area contributed by atoms with E-state index >= 15 is 0 Å². The molecule has 1 saturated heterocycles. The number of fused-ring (bicyclic) bond motifs is 1. The van der Waals surface area contributed by atoms with E-state index in [2.05, 4.69) is 40.8 Å². The fourth-order valence-electron chi connectivity index (χ4n) is 3.78. The molecule has 1 fully saturated rings. The molecule has 0 saturated carbocycles. The van der Waals surface area contributed by atoms with Crippen LogP contribution in [0.4, 0.5) is 10.5 Å². The lowest BCUT2D eigenvalue weighted by Crippen LogP contribution is -2.41. The number of amides is 2. The molecule has 140 valence electrons. The average molecular weight is 362 g/mol.